The van der Waals surface area contributed by atoms with Crippen LogP contribution < -0.4 is 10.6 Å². The Labute approximate surface area is 124 Å². The zero-order valence-corrected chi connectivity index (χ0v) is 12.2. The summed E-state index contributed by atoms with van der Waals surface area (Å²) < 4.78 is 0. The molecular weight excluding hydrogens is 270 g/mol. The molecule has 0 aliphatic carbocycles. The van der Waals surface area contributed by atoms with Crippen LogP contribution in [-0.2, 0) is 4.79 Å². The van der Waals surface area contributed by atoms with E-state index in [1.165, 1.54) is 25.0 Å². The first-order valence-electron chi connectivity index (χ1n) is 7.25. The normalized spacial score (nSPS) is 18.4. The van der Waals surface area contributed by atoms with Gasteiger partial charge >= 0.3 is 0 Å². The largest absolute Gasteiger partial charge is 0.353 e. The van der Waals surface area contributed by atoms with Gasteiger partial charge in [-0.05, 0) is 25.9 Å². The zero-order chi connectivity index (χ0) is 15.1. The lowest BCUT2D eigenvalue weighted by atomic mass is 10.2. The summed E-state index contributed by atoms with van der Waals surface area (Å²) in [6.07, 6.45) is 6.59. The van der Waals surface area contributed by atoms with Gasteiger partial charge in [-0.2, -0.15) is 0 Å². The highest BCUT2D eigenvalue weighted by atomic mass is 16.2. The van der Waals surface area contributed by atoms with Crippen LogP contribution in [0.2, 0.25) is 0 Å². The van der Waals surface area contributed by atoms with Crippen molar-refractivity contribution in [1.82, 2.24) is 25.5 Å². The van der Waals surface area contributed by atoms with E-state index in [9.17, 15) is 9.59 Å². The van der Waals surface area contributed by atoms with E-state index in [0.29, 0.717) is 12.6 Å². The summed E-state index contributed by atoms with van der Waals surface area (Å²) in [6.45, 7) is 4.81. The Hall–Kier alpha value is -2.02. The highest BCUT2D eigenvalue weighted by Gasteiger charge is 2.23. The average Bonchev–Trinajstić information content (AvgIpc) is 2.99. The summed E-state index contributed by atoms with van der Waals surface area (Å²) in [7, 11) is 0. The summed E-state index contributed by atoms with van der Waals surface area (Å²) in [6, 6.07) is 0.412. The molecule has 0 radical (unpaired) electrons. The summed E-state index contributed by atoms with van der Waals surface area (Å²) in [5.74, 6) is -0.579. The van der Waals surface area contributed by atoms with Crippen molar-refractivity contribution >= 4 is 11.8 Å². The van der Waals surface area contributed by atoms with Crippen LogP contribution in [0.25, 0.3) is 0 Å². The Kier molecular flexibility index (Phi) is 5.62. The van der Waals surface area contributed by atoms with Crippen LogP contribution in [0.15, 0.2) is 18.6 Å². The standard InChI is InChI=1S/C14H21N5O2/c1-2-19-7-3-4-11(19)8-17-13(20)10-18-14(21)12-9-15-5-6-16-12/h5-6,9,11H,2-4,7-8,10H2,1H3,(H,17,20)(H,18,21)/t11-/m1/s1. The highest BCUT2D eigenvalue weighted by Crippen LogP contribution is 2.15. The first-order valence-corrected chi connectivity index (χ1v) is 7.25. The third kappa shape index (κ3) is 4.49. The minimum atomic E-state index is -0.394. The zero-order valence-electron chi connectivity index (χ0n) is 12.2. The molecule has 1 fully saturated rings. The summed E-state index contributed by atoms with van der Waals surface area (Å²) >= 11 is 0. The lowest BCUT2D eigenvalue weighted by Crippen LogP contribution is -2.43. The molecule has 1 saturated heterocycles. The molecule has 0 spiro atoms. The number of amides is 2. The number of nitrogens with one attached hydrogen (secondary N) is 2. The third-order valence-corrected chi connectivity index (χ3v) is 3.65. The number of hydrogen-bond acceptors (Lipinski definition) is 5. The highest BCUT2D eigenvalue weighted by molar-refractivity contribution is 5.94. The van der Waals surface area contributed by atoms with Crippen molar-refractivity contribution in [3.63, 3.8) is 0 Å². The monoisotopic (exact) mass is 291 g/mol. The Balaban J connectivity index is 1.69. The predicted molar refractivity (Wildman–Crippen MR) is 77.6 cm³/mol. The Morgan fingerprint density at radius 1 is 1.38 bits per heavy atom. The van der Waals surface area contributed by atoms with Crippen molar-refractivity contribution < 1.29 is 9.59 Å². The number of nitrogens with zero attached hydrogens (tertiary/aromatic N) is 3. The van der Waals surface area contributed by atoms with Crippen molar-refractivity contribution in [2.45, 2.75) is 25.8 Å². The molecule has 7 heteroatoms. The maximum absolute atomic E-state index is 11.8. The third-order valence-electron chi connectivity index (χ3n) is 3.65. The lowest BCUT2D eigenvalue weighted by Gasteiger charge is -2.22. The van der Waals surface area contributed by atoms with Crippen LogP contribution in [0.1, 0.15) is 30.3 Å². The second kappa shape index (κ2) is 7.68. The maximum atomic E-state index is 11.8. The molecule has 1 aliphatic rings. The smallest absolute Gasteiger partial charge is 0.271 e. The molecule has 0 bridgehead atoms. The summed E-state index contributed by atoms with van der Waals surface area (Å²) in [4.78, 5) is 33.5. The average molecular weight is 291 g/mol. The first kappa shape index (κ1) is 15.4. The van der Waals surface area contributed by atoms with Gasteiger partial charge < -0.3 is 10.6 Å². The Morgan fingerprint density at radius 2 is 2.24 bits per heavy atom. The van der Waals surface area contributed by atoms with Crippen molar-refractivity contribution in [1.29, 1.82) is 0 Å². The van der Waals surface area contributed by atoms with Gasteiger partial charge in [-0.25, -0.2) is 4.98 Å². The minimum Gasteiger partial charge on any atom is -0.353 e. The Morgan fingerprint density at radius 3 is 2.95 bits per heavy atom. The van der Waals surface area contributed by atoms with Crippen molar-refractivity contribution in [3.8, 4) is 0 Å². The molecule has 2 rings (SSSR count). The van der Waals surface area contributed by atoms with Gasteiger partial charge in [-0.3, -0.25) is 19.5 Å². The van der Waals surface area contributed by atoms with Gasteiger partial charge in [0.25, 0.3) is 5.91 Å². The van der Waals surface area contributed by atoms with E-state index in [4.69, 9.17) is 0 Å². The predicted octanol–water partition coefficient (Wildman–Crippen LogP) is -0.193. The molecule has 114 valence electrons. The fourth-order valence-corrected chi connectivity index (χ4v) is 2.50. The molecule has 7 nitrogen and oxygen atoms in total. The van der Waals surface area contributed by atoms with E-state index < -0.39 is 5.91 Å². The van der Waals surface area contributed by atoms with Crippen LogP contribution in [0.3, 0.4) is 0 Å². The molecule has 1 aliphatic heterocycles. The molecule has 2 amide bonds. The molecular formula is C14H21N5O2. The number of likely N-dealkylation sites (N-methyl/N-ethyl adjacent to an activating group) is 1. The van der Waals surface area contributed by atoms with Gasteiger partial charge in [-0.15, -0.1) is 0 Å². The van der Waals surface area contributed by atoms with E-state index >= 15 is 0 Å². The minimum absolute atomic E-state index is 0.0474. The van der Waals surface area contributed by atoms with Gasteiger partial charge in [-0.1, -0.05) is 6.92 Å². The fourth-order valence-electron chi connectivity index (χ4n) is 2.50. The number of carbonyl (C=O) groups excluding carboxylic acids is 2. The topological polar surface area (TPSA) is 87.2 Å². The van der Waals surface area contributed by atoms with Crippen molar-refractivity contribution in [2.24, 2.45) is 0 Å². The van der Waals surface area contributed by atoms with Crippen LogP contribution in [-0.4, -0.2) is 58.9 Å². The molecule has 0 aromatic carbocycles. The molecule has 0 saturated carbocycles. The van der Waals surface area contributed by atoms with Crippen molar-refractivity contribution in [2.75, 3.05) is 26.2 Å². The number of hydrogen-bond donors (Lipinski definition) is 2. The quantitative estimate of drug-likeness (QED) is 0.758. The van der Waals surface area contributed by atoms with Crippen molar-refractivity contribution in [3.05, 3.63) is 24.3 Å². The number of likely N-dealkylation sites (tertiary alicyclic amines) is 1. The van der Waals surface area contributed by atoms with E-state index in [0.717, 1.165) is 19.5 Å². The number of rotatable bonds is 6. The van der Waals surface area contributed by atoms with E-state index in [1.54, 1.807) is 0 Å². The number of aromatic nitrogens is 2. The van der Waals surface area contributed by atoms with E-state index in [2.05, 4.69) is 32.4 Å². The molecule has 21 heavy (non-hydrogen) atoms. The molecule has 1 aromatic heterocycles. The second-order valence-corrected chi connectivity index (χ2v) is 5.00. The fraction of sp³-hybridized carbons (Fsp3) is 0.571. The first-order chi connectivity index (χ1) is 10.2. The van der Waals surface area contributed by atoms with E-state index in [-0.39, 0.29) is 18.1 Å². The van der Waals surface area contributed by atoms with E-state index in [1.807, 2.05) is 0 Å². The van der Waals surface area contributed by atoms with Crippen LogP contribution in [0.4, 0.5) is 0 Å². The van der Waals surface area contributed by atoms with Gasteiger partial charge in [0, 0.05) is 25.0 Å². The molecule has 2 heterocycles. The van der Waals surface area contributed by atoms with Crippen LogP contribution in [0.5, 0.6) is 0 Å². The maximum Gasteiger partial charge on any atom is 0.271 e. The van der Waals surface area contributed by atoms with Gasteiger partial charge in [0.1, 0.15) is 5.69 Å². The van der Waals surface area contributed by atoms with Gasteiger partial charge in [0.15, 0.2) is 0 Å². The summed E-state index contributed by atoms with van der Waals surface area (Å²) in [5.41, 5.74) is 0.207. The number of carbonyl (C=O) groups is 2. The van der Waals surface area contributed by atoms with Gasteiger partial charge in [0.05, 0.1) is 12.7 Å². The summed E-state index contributed by atoms with van der Waals surface area (Å²) in [5, 5.41) is 5.40. The SMILES string of the molecule is CCN1CCC[C@@H]1CNC(=O)CNC(=O)c1cnccn1. The Bertz CT molecular complexity index is 480. The lowest BCUT2D eigenvalue weighted by molar-refractivity contribution is -0.120. The molecule has 2 N–H and O–H groups in total. The van der Waals surface area contributed by atoms with Crippen LogP contribution >= 0.6 is 0 Å². The molecule has 0 unspecified atom stereocenters. The van der Waals surface area contributed by atoms with Gasteiger partial charge in [0.2, 0.25) is 5.91 Å². The molecule has 1 atom stereocenters. The van der Waals surface area contributed by atoms with Crippen LogP contribution in [0, 0.1) is 0 Å². The molecule has 1 aromatic rings. The second-order valence-electron chi connectivity index (χ2n) is 5.00.